The third-order valence-corrected chi connectivity index (χ3v) is 3.37. The van der Waals surface area contributed by atoms with Gasteiger partial charge in [0.1, 0.15) is 11.6 Å². The van der Waals surface area contributed by atoms with Crippen molar-refractivity contribution in [1.29, 1.82) is 0 Å². The third-order valence-electron chi connectivity index (χ3n) is 2.45. The number of para-hydroxylation sites is 1. The molecule has 0 saturated carbocycles. The van der Waals surface area contributed by atoms with Crippen LogP contribution in [0.15, 0.2) is 42.5 Å². The fourth-order valence-electron chi connectivity index (χ4n) is 1.57. The lowest BCUT2D eigenvalue weighted by molar-refractivity contribution is 0.475. The molecule has 0 radical (unpaired) electrons. The van der Waals surface area contributed by atoms with Gasteiger partial charge in [0.15, 0.2) is 0 Å². The van der Waals surface area contributed by atoms with Crippen molar-refractivity contribution in [3.8, 4) is 10.9 Å². The van der Waals surface area contributed by atoms with Gasteiger partial charge in [-0.1, -0.05) is 23.5 Å². The van der Waals surface area contributed by atoms with Gasteiger partial charge in [-0.3, -0.25) is 0 Å². The first-order valence-electron chi connectivity index (χ1n) is 5.31. The molecular formula is C13H9FN2OS. The minimum absolute atomic E-state index is 0.103. The molecule has 2 aromatic carbocycles. The van der Waals surface area contributed by atoms with Gasteiger partial charge in [0.05, 0.1) is 15.9 Å². The van der Waals surface area contributed by atoms with Crippen molar-refractivity contribution in [1.82, 2.24) is 4.98 Å². The zero-order valence-electron chi connectivity index (χ0n) is 9.26. The molecule has 0 unspecified atom stereocenters. The number of nitrogens with two attached hydrogens (primary N) is 1. The standard InChI is InChI=1S/C13H9FN2OS/c14-9-7-8(5-6-10(9)15)17-13-16-11-3-1-2-4-12(11)18-13/h1-7H,15H2. The van der Waals surface area contributed by atoms with E-state index in [-0.39, 0.29) is 5.69 Å². The fraction of sp³-hybridized carbons (Fsp3) is 0. The van der Waals surface area contributed by atoms with Crippen LogP contribution in [0.4, 0.5) is 10.1 Å². The van der Waals surface area contributed by atoms with Crippen LogP contribution < -0.4 is 10.5 Å². The molecule has 5 heteroatoms. The van der Waals surface area contributed by atoms with Crippen LogP contribution >= 0.6 is 11.3 Å². The molecule has 1 heterocycles. The Morgan fingerprint density at radius 1 is 1.17 bits per heavy atom. The van der Waals surface area contributed by atoms with Crippen LogP contribution in [-0.2, 0) is 0 Å². The van der Waals surface area contributed by atoms with E-state index in [9.17, 15) is 4.39 Å². The van der Waals surface area contributed by atoms with Crippen molar-refractivity contribution in [2.75, 3.05) is 5.73 Å². The Labute approximate surface area is 107 Å². The number of ether oxygens (including phenoxy) is 1. The Bertz CT molecular complexity index is 678. The Morgan fingerprint density at radius 3 is 2.78 bits per heavy atom. The summed E-state index contributed by atoms with van der Waals surface area (Å²) in [6, 6.07) is 12.1. The average molecular weight is 260 g/mol. The smallest absolute Gasteiger partial charge is 0.279 e. The Kier molecular flexibility index (Phi) is 2.60. The molecule has 3 nitrogen and oxygen atoms in total. The molecule has 0 saturated heterocycles. The zero-order chi connectivity index (χ0) is 12.5. The molecule has 0 aliphatic heterocycles. The highest BCUT2D eigenvalue weighted by atomic mass is 32.1. The second-order valence-corrected chi connectivity index (χ2v) is 4.73. The molecule has 18 heavy (non-hydrogen) atoms. The molecule has 0 bridgehead atoms. The van der Waals surface area contributed by atoms with E-state index in [1.807, 2.05) is 24.3 Å². The van der Waals surface area contributed by atoms with E-state index >= 15 is 0 Å². The summed E-state index contributed by atoms with van der Waals surface area (Å²) in [5, 5.41) is 0.486. The quantitative estimate of drug-likeness (QED) is 0.713. The lowest BCUT2D eigenvalue weighted by Gasteiger charge is -2.02. The highest BCUT2D eigenvalue weighted by Gasteiger charge is 2.07. The van der Waals surface area contributed by atoms with Gasteiger partial charge in [0.2, 0.25) is 0 Å². The first kappa shape index (κ1) is 11.0. The first-order chi connectivity index (χ1) is 8.72. The van der Waals surface area contributed by atoms with Crippen molar-refractivity contribution in [3.05, 3.63) is 48.3 Å². The van der Waals surface area contributed by atoms with Gasteiger partial charge in [0.25, 0.3) is 5.19 Å². The van der Waals surface area contributed by atoms with Crippen molar-refractivity contribution in [2.45, 2.75) is 0 Å². The van der Waals surface area contributed by atoms with Crippen LogP contribution in [0.5, 0.6) is 10.9 Å². The van der Waals surface area contributed by atoms with E-state index < -0.39 is 5.82 Å². The molecule has 0 amide bonds. The number of halogens is 1. The van der Waals surface area contributed by atoms with Gasteiger partial charge in [-0.25, -0.2) is 9.37 Å². The summed E-state index contributed by atoms with van der Waals surface area (Å²) in [4.78, 5) is 4.30. The highest BCUT2D eigenvalue weighted by Crippen LogP contribution is 2.31. The number of anilines is 1. The number of nitrogen functional groups attached to an aromatic ring is 1. The molecule has 3 rings (SSSR count). The van der Waals surface area contributed by atoms with Crippen molar-refractivity contribution >= 4 is 27.2 Å². The van der Waals surface area contributed by atoms with Gasteiger partial charge >= 0.3 is 0 Å². The number of aromatic nitrogens is 1. The average Bonchev–Trinajstić information content (AvgIpc) is 2.76. The van der Waals surface area contributed by atoms with E-state index in [0.29, 0.717) is 10.9 Å². The van der Waals surface area contributed by atoms with Crippen molar-refractivity contribution < 1.29 is 9.13 Å². The van der Waals surface area contributed by atoms with Crippen LogP contribution in [0, 0.1) is 5.82 Å². The largest absolute Gasteiger partial charge is 0.431 e. The molecule has 1 aromatic heterocycles. The summed E-state index contributed by atoms with van der Waals surface area (Å²) in [6.45, 7) is 0. The van der Waals surface area contributed by atoms with Gasteiger partial charge in [-0.2, -0.15) is 0 Å². The monoisotopic (exact) mass is 260 g/mol. The maximum atomic E-state index is 13.3. The van der Waals surface area contributed by atoms with Gasteiger partial charge in [-0.05, 0) is 24.3 Å². The number of hydrogen-bond acceptors (Lipinski definition) is 4. The summed E-state index contributed by atoms with van der Waals surface area (Å²) in [6.07, 6.45) is 0. The van der Waals surface area contributed by atoms with Gasteiger partial charge < -0.3 is 10.5 Å². The molecule has 90 valence electrons. The third kappa shape index (κ3) is 2.00. The van der Waals surface area contributed by atoms with Crippen molar-refractivity contribution in [3.63, 3.8) is 0 Å². The van der Waals surface area contributed by atoms with Crippen LogP contribution in [0.1, 0.15) is 0 Å². The molecule has 3 aromatic rings. The highest BCUT2D eigenvalue weighted by molar-refractivity contribution is 7.20. The molecule has 0 aliphatic carbocycles. The number of hydrogen-bond donors (Lipinski definition) is 1. The van der Waals surface area contributed by atoms with Crippen LogP contribution in [0.25, 0.3) is 10.2 Å². The molecule has 2 N–H and O–H groups in total. The van der Waals surface area contributed by atoms with E-state index in [0.717, 1.165) is 10.2 Å². The lowest BCUT2D eigenvalue weighted by atomic mass is 10.3. The first-order valence-corrected chi connectivity index (χ1v) is 6.12. The summed E-state index contributed by atoms with van der Waals surface area (Å²) < 4.78 is 19.8. The molecular weight excluding hydrogens is 251 g/mol. The zero-order valence-corrected chi connectivity index (χ0v) is 10.1. The van der Waals surface area contributed by atoms with Crippen LogP contribution in [0.3, 0.4) is 0 Å². The maximum Gasteiger partial charge on any atom is 0.279 e. The van der Waals surface area contributed by atoms with E-state index in [1.54, 1.807) is 6.07 Å². The number of benzene rings is 2. The normalized spacial score (nSPS) is 10.7. The summed E-state index contributed by atoms with van der Waals surface area (Å²) in [5.74, 6) is -0.102. The summed E-state index contributed by atoms with van der Waals surface area (Å²) in [5.41, 5.74) is 6.37. The molecule has 0 atom stereocenters. The maximum absolute atomic E-state index is 13.3. The van der Waals surface area contributed by atoms with Crippen molar-refractivity contribution in [2.24, 2.45) is 0 Å². The molecule has 0 fully saturated rings. The Hall–Kier alpha value is -2.14. The SMILES string of the molecule is Nc1ccc(Oc2nc3ccccc3s2)cc1F. The fourth-order valence-corrected chi connectivity index (χ4v) is 2.40. The van der Waals surface area contributed by atoms with Crippen LogP contribution in [0.2, 0.25) is 0 Å². The number of thiazole rings is 1. The van der Waals surface area contributed by atoms with Gasteiger partial charge in [0, 0.05) is 6.07 Å². The molecule has 0 spiro atoms. The minimum atomic E-state index is -0.492. The van der Waals surface area contributed by atoms with Gasteiger partial charge in [-0.15, -0.1) is 0 Å². The minimum Gasteiger partial charge on any atom is -0.431 e. The van der Waals surface area contributed by atoms with E-state index in [2.05, 4.69) is 4.98 Å². The van der Waals surface area contributed by atoms with E-state index in [1.165, 1.54) is 23.5 Å². The number of nitrogens with zero attached hydrogens (tertiary/aromatic N) is 1. The predicted molar refractivity (Wildman–Crippen MR) is 70.5 cm³/mol. The number of rotatable bonds is 2. The predicted octanol–water partition coefficient (Wildman–Crippen LogP) is 3.81. The Morgan fingerprint density at radius 2 is 2.00 bits per heavy atom. The topological polar surface area (TPSA) is 48.1 Å². The lowest BCUT2D eigenvalue weighted by Crippen LogP contribution is -1.91. The van der Waals surface area contributed by atoms with Crippen LogP contribution in [-0.4, -0.2) is 4.98 Å². The number of fused-ring (bicyclic) bond motifs is 1. The Balaban J connectivity index is 1.93. The summed E-state index contributed by atoms with van der Waals surface area (Å²) >= 11 is 1.42. The second-order valence-electron chi connectivity index (χ2n) is 3.73. The molecule has 0 aliphatic rings. The van der Waals surface area contributed by atoms with E-state index in [4.69, 9.17) is 10.5 Å². The summed E-state index contributed by atoms with van der Waals surface area (Å²) in [7, 11) is 0. The second kappa shape index (κ2) is 4.27.